The summed E-state index contributed by atoms with van der Waals surface area (Å²) in [5.41, 5.74) is 1.23. The highest BCUT2D eigenvalue weighted by atomic mass is 15.4. The molecule has 0 amide bonds. The van der Waals surface area contributed by atoms with E-state index in [-0.39, 0.29) is 0 Å². The number of rotatable bonds is 7. The monoisotopic (exact) mass is 414 g/mol. The van der Waals surface area contributed by atoms with Crippen molar-refractivity contribution in [2.75, 3.05) is 44.7 Å². The molecular weight excluding hydrogens is 372 g/mol. The molecule has 0 aromatic carbocycles. The molecule has 3 aliphatic rings. The van der Waals surface area contributed by atoms with E-state index in [1.807, 2.05) is 0 Å². The Morgan fingerprint density at radius 3 is 2.00 bits per heavy atom. The van der Waals surface area contributed by atoms with E-state index in [9.17, 15) is 0 Å². The van der Waals surface area contributed by atoms with Crippen LogP contribution in [-0.2, 0) is 6.54 Å². The van der Waals surface area contributed by atoms with Crippen LogP contribution in [0.4, 0.5) is 5.95 Å². The van der Waals surface area contributed by atoms with E-state index in [1.54, 1.807) is 0 Å². The molecule has 3 fully saturated rings. The summed E-state index contributed by atoms with van der Waals surface area (Å²) in [4.78, 5) is 19.8. The molecule has 0 aliphatic carbocycles. The van der Waals surface area contributed by atoms with Crippen molar-refractivity contribution in [1.82, 2.24) is 24.7 Å². The number of hydrogen-bond donors (Lipinski definition) is 0. The van der Waals surface area contributed by atoms with Crippen molar-refractivity contribution in [3.05, 3.63) is 18.0 Å². The van der Waals surface area contributed by atoms with Gasteiger partial charge in [-0.1, -0.05) is 0 Å². The summed E-state index contributed by atoms with van der Waals surface area (Å²) < 4.78 is 0. The van der Waals surface area contributed by atoms with Gasteiger partial charge in [0.15, 0.2) is 0 Å². The fourth-order valence-corrected chi connectivity index (χ4v) is 5.72. The number of likely N-dealkylation sites (tertiary alicyclic amines) is 2. The topological polar surface area (TPSA) is 38.7 Å². The molecular formula is C24H42N6. The summed E-state index contributed by atoms with van der Waals surface area (Å²) in [6.07, 6.45) is 9.32. The average molecular weight is 415 g/mol. The number of anilines is 1. The zero-order valence-electron chi connectivity index (χ0n) is 19.8. The molecule has 1 aromatic heterocycles. The first-order valence-corrected chi connectivity index (χ1v) is 12.2. The van der Waals surface area contributed by atoms with E-state index in [2.05, 4.69) is 66.7 Å². The van der Waals surface area contributed by atoms with E-state index in [1.165, 1.54) is 50.9 Å². The van der Waals surface area contributed by atoms with Gasteiger partial charge < -0.3 is 14.7 Å². The van der Waals surface area contributed by atoms with E-state index in [0.717, 1.165) is 31.5 Å². The van der Waals surface area contributed by atoms with Gasteiger partial charge in [0.2, 0.25) is 5.95 Å². The third-order valence-corrected chi connectivity index (χ3v) is 7.57. The summed E-state index contributed by atoms with van der Waals surface area (Å²) in [5.74, 6) is 1.76. The second-order valence-corrected chi connectivity index (χ2v) is 10.5. The molecule has 2 atom stereocenters. The highest BCUT2D eigenvalue weighted by molar-refractivity contribution is 5.37. The van der Waals surface area contributed by atoms with Crippen LogP contribution in [0.3, 0.4) is 0 Å². The third-order valence-electron chi connectivity index (χ3n) is 7.57. The quantitative estimate of drug-likeness (QED) is 0.683. The molecule has 4 heterocycles. The molecule has 4 rings (SSSR count). The van der Waals surface area contributed by atoms with Crippen LogP contribution in [0.2, 0.25) is 0 Å². The van der Waals surface area contributed by atoms with E-state index >= 15 is 0 Å². The van der Waals surface area contributed by atoms with Gasteiger partial charge in [-0.2, -0.15) is 0 Å². The van der Waals surface area contributed by atoms with E-state index in [0.29, 0.717) is 24.2 Å². The van der Waals surface area contributed by atoms with Crippen molar-refractivity contribution in [2.45, 2.75) is 84.1 Å². The van der Waals surface area contributed by atoms with Gasteiger partial charge in [0.05, 0.1) is 0 Å². The molecule has 30 heavy (non-hydrogen) atoms. The van der Waals surface area contributed by atoms with E-state index < -0.39 is 0 Å². The maximum Gasteiger partial charge on any atom is 0.225 e. The van der Waals surface area contributed by atoms with Gasteiger partial charge in [0.1, 0.15) is 0 Å². The van der Waals surface area contributed by atoms with Crippen LogP contribution in [0.5, 0.6) is 0 Å². The average Bonchev–Trinajstić information content (AvgIpc) is 2.97. The highest BCUT2D eigenvalue weighted by Gasteiger charge is 2.41. The normalized spacial score (nSPS) is 26.5. The minimum absolute atomic E-state index is 0.580. The standard InChI is InChI=1S/C24H42N6/c1-18(2)28-10-8-20(9-11-28)14-27(5)15-21-12-25-24(26-13-21)30-22-6-7-23(30)17-29(16-22)19(3)4/h12-13,18-20,22-23H,6-11,14-17H2,1-5H3. The summed E-state index contributed by atoms with van der Waals surface area (Å²) in [6.45, 7) is 16.2. The van der Waals surface area contributed by atoms with Crippen molar-refractivity contribution < 1.29 is 0 Å². The molecule has 2 unspecified atom stereocenters. The number of fused-ring (bicyclic) bond motifs is 2. The first-order chi connectivity index (χ1) is 14.4. The van der Waals surface area contributed by atoms with Crippen LogP contribution >= 0.6 is 0 Å². The lowest BCUT2D eigenvalue weighted by atomic mass is 9.95. The molecule has 0 saturated carbocycles. The van der Waals surface area contributed by atoms with Crippen LogP contribution in [0, 0.1) is 5.92 Å². The smallest absolute Gasteiger partial charge is 0.225 e. The summed E-state index contributed by atoms with van der Waals surface area (Å²) >= 11 is 0. The predicted octanol–water partition coefficient (Wildman–Crippen LogP) is 3.09. The number of aromatic nitrogens is 2. The van der Waals surface area contributed by atoms with Gasteiger partial charge >= 0.3 is 0 Å². The number of hydrogen-bond acceptors (Lipinski definition) is 6. The minimum atomic E-state index is 0.580. The van der Waals surface area contributed by atoms with Gasteiger partial charge in [0, 0.05) is 68.3 Å². The van der Waals surface area contributed by atoms with Crippen LogP contribution < -0.4 is 4.90 Å². The van der Waals surface area contributed by atoms with Gasteiger partial charge in [0.25, 0.3) is 0 Å². The van der Waals surface area contributed by atoms with Gasteiger partial charge in [-0.05, 0) is 79.4 Å². The minimum Gasteiger partial charge on any atom is -0.332 e. The Kier molecular flexibility index (Phi) is 6.95. The van der Waals surface area contributed by atoms with Crippen LogP contribution in [0.15, 0.2) is 12.4 Å². The lowest BCUT2D eigenvalue weighted by Gasteiger charge is -2.42. The Balaban J connectivity index is 1.28. The maximum atomic E-state index is 4.81. The Morgan fingerprint density at radius 2 is 1.47 bits per heavy atom. The molecule has 6 heteroatoms. The van der Waals surface area contributed by atoms with Gasteiger partial charge in [-0.25, -0.2) is 9.97 Å². The SMILES string of the molecule is CC(C)N1CCC(CN(C)Cc2cnc(N3C4CCC3CN(C(C)C)C4)nc2)CC1. The van der Waals surface area contributed by atoms with Crippen molar-refractivity contribution in [1.29, 1.82) is 0 Å². The Labute approximate surface area is 183 Å². The molecule has 6 nitrogen and oxygen atoms in total. The highest BCUT2D eigenvalue weighted by Crippen LogP contribution is 2.33. The van der Waals surface area contributed by atoms with Crippen molar-refractivity contribution in [3.63, 3.8) is 0 Å². The lowest BCUT2D eigenvalue weighted by molar-refractivity contribution is 0.127. The van der Waals surface area contributed by atoms with Crippen LogP contribution in [-0.4, -0.2) is 88.6 Å². The molecule has 3 saturated heterocycles. The molecule has 168 valence electrons. The molecule has 2 bridgehead atoms. The number of piperidine rings is 1. The van der Waals surface area contributed by atoms with Crippen molar-refractivity contribution >= 4 is 5.95 Å². The molecule has 0 N–H and O–H groups in total. The molecule has 1 aromatic rings. The van der Waals surface area contributed by atoms with E-state index in [4.69, 9.17) is 9.97 Å². The fourth-order valence-electron chi connectivity index (χ4n) is 5.72. The zero-order chi connectivity index (χ0) is 21.3. The van der Waals surface area contributed by atoms with Crippen molar-refractivity contribution in [3.8, 4) is 0 Å². The molecule has 3 aliphatic heterocycles. The van der Waals surface area contributed by atoms with Crippen LogP contribution in [0.25, 0.3) is 0 Å². The second kappa shape index (κ2) is 9.49. The maximum absolute atomic E-state index is 4.81. The molecule has 0 radical (unpaired) electrons. The third kappa shape index (κ3) is 4.97. The summed E-state index contributed by atoms with van der Waals surface area (Å²) in [5, 5.41) is 0. The first kappa shape index (κ1) is 22.0. The van der Waals surface area contributed by atoms with Crippen molar-refractivity contribution in [2.24, 2.45) is 5.92 Å². The second-order valence-electron chi connectivity index (χ2n) is 10.5. The fraction of sp³-hybridized carbons (Fsp3) is 0.833. The first-order valence-electron chi connectivity index (χ1n) is 12.2. The Hall–Kier alpha value is -1.24. The van der Waals surface area contributed by atoms with Gasteiger partial charge in [-0.15, -0.1) is 0 Å². The summed E-state index contributed by atoms with van der Waals surface area (Å²) in [6, 6.07) is 2.47. The Morgan fingerprint density at radius 1 is 0.900 bits per heavy atom. The Bertz CT molecular complexity index is 653. The largest absolute Gasteiger partial charge is 0.332 e. The zero-order valence-corrected chi connectivity index (χ0v) is 19.8. The lowest BCUT2D eigenvalue weighted by Crippen LogP contribution is -2.56. The molecule has 0 spiro atoms. The number of piperazine rings is 1. The predicted molar refractivity (Wildman–Crippen MR) is 124 cm³/mol. The van der Waals surface area contributed by atoms with Crippen LogP contribution in [0.1, 0.15) is 58.9 Å². The number of nitrogens with zero attached hydrogens (tertiary/aromatic N) is 6. The summed E-state index contributed by atoms with van der Waals surface area (Å²) in [7, 11) is 2.24. The van der Waals surface area contributed by atoms with Gasteiger partial charge in [-0.3, -0.25) is 4.90 Å².